The molecule has 0 aromatic heterocycles. The Morgan fingerprint density at radius 3 is 2.30 bits per heavy atom. The predicted octanol–water partition coefficient (Wildman–Crippen LogP) is 6.12. The standard InChI is InChI=1S/C32H35N3O2/c36-31(23-14-5-2-6-15-23)34-28-20-10-8-17-25(28)32(37)35-21-11-18-26-29(22-12-3-1-4-13-22)33-27-19-9-7-16-24(27)30(26)35/h1-7,9,12-16,19,25-26,28-30,33H,8,10-11,17-18,20-21H2,(H,34,36)/t25-,26?,28+,29?,30?/m0/s1. The third-order valence-electron chi connectivity index (χ3n) is 8.57. The van der Waals surface area contributed by atoms with Crippen LogP contribution in [0.15, 0.2) is 84.9 Å². The van der Waals surface area contributed by atoms with Crippen molar-refractivity contribution in [3.05, 3.63) is 102 Å². The maximum atomic E-state index is 14.3. The molecule has 0 bridgehead atoms. The van der Waals surface area contributed by atoms with E-state index in [0.29, 0.717) is 11.5 Å². The number of likely N-dealkylation sites (tertiary alicyclic amines) is 1. The number of fused-ring (bicyclic) bond motifs is 3. The summed E-state index contributed by atoms with van der Waals surface area (Å²) in [4.78, 5) is 29.5. The van der Waals surface area contributed by atoms with E-state index in [2.05, 4.69) is 70.1 Å². The third kappa shape index (κ3) is 4.63. The quantitative estimate of drug-likeness (QED) is 0.460. The van der Waals surface area contributed by atoms with Gasteiger partial charge in [-0.3, -0.25) is 9.59 Å². The van der Waals surface area contributed by atoms with Gasteiger partial charge < -0.3 is 15.5 Å². The highest BCUT2D eigenvalue weighted by Crippen LogP contribution is 2.50. The smallest absolute Gasteiger partial charge is 0.251 e. The summed E-state index contributed by atoms with van der Waals surface area (Å²) < 4.78 is 0. The van der Waals surface area contributed by atoms with Gasteiger partial charge >= 0.3 is 0 Å². The molecule has 190 valence electrons. The number of para-hydroxylation sites is 1. The fourth-order valence-electron chi connectivity index (χ4n) is 6.83. The second-order valence-corrected chi connectivity index (χ2v) is 10.7. The summed E-state index contributed by atoms with van der Waals surface area (Å²) >= 11 is 0. The molecule has 2 fully saturated rings. The van der Waals surface area contributed by atoms with Crippen LogP contribution in [0.25, 0.3) is 0 Å². The summed E-state index contributed by atoms with van der Waals surface area (Å²) in [5.74, 6) is 0.239. The lowest BCUT2D eigenvalue weighted by Crippen LogP contribution is -2.54. The molecular weight excluding hydrogens is 458 g/mol. The van der Waals surface area contributed by atoms with E-state index in [1.807, 2.05) is 30.3 Å². The number of benzene rings is 3. The fourth-order valence-corrected chi connectivity index (χ4v) is 6.83. The molecule has 3 unspecified atom stereocenters. The second-order valence-electron chi connectivity index (χ2n) is 10.7. The molecule has 2 aliphatic heterocycles. The summed E-state index contributed by atoms with van der Waals surface area (Å²) in [6.45, 7) is 0.770. The average molecular weight is 494 g/mol. The molecule has 3 aromatic carbocycles. The van der Waals surface area contributed by atoms with E-state index in [0.717, 1.165) is 50.8 Å². The number of nitrogens with one attached hydrogen (secondary N) is 2. The van der Waals surface area contributed by atoms with Crippen LogP contribution in [0.4, 0.5) is 5.69 Å². The van der Waals surface area contributed by atoms with E-state index in [9.17, 15) is 9.59 Å². The van der Waals surface area contributed by atoms with Crippen molar-refractivity contribution >= 4 is 17.5 Å². The van der Waals surface area contributed by atoms with Crippen LogP contribution < -0.4 is 10.6 Å². The van der Waals surface area contributed by atoms with Gasteiger partial charge in [-0.15, -0.1) is 0 Å². The minimum atomic E-state index is -0.183. The molecule has 1 aliphatic carbocycles. The van der Waals surface area contributed by atoms with Crippen molar-refractivity contribution in [3.63, 3.8) is 0 Å². The Labute approximate surface area is 219 Å². The summed E-state index contributed by atoms with van der Waals surface area (Å²) in [6.07, 6.45) is 5.82. The minimum absolute atomic E-state index is 0.0382. The van der Waals surface area contributed by atoms with Gasteiger partial charge in [0.25, 0.3) is 5.91 Å². The number of carbonyl (C=O) groups excluding carboxylic acids is 2. The molecule has 2 heterocycles. The third-order valence-corrected chi connectivity index (χ3v) is 8.57. The van der Waals surface area contributed by atoms with Crippen molar-refractivity contribution in [2.75, 3.05) is 11.9 Å². The first-order chi connectivity index (χ1) is 18.2. The van der Waals surface area contributed by atoms with Crippen LogP contribution in [0, 0.1) is 11.8 Å². The first-order valence-electron chi connectivity index (χ1n) is 13.8. The lowest BCUT2D eigenvalue weighted by molar-refractivity contribution is -0.143. The largest absolute Gasteiger partial charge is 0.378 e. The van der Waals surface area contributed by atoms with Gasteiger partial charge in [0.15, 0.2) is 0 Å². The number of piperidine rings is 1. The maximum Gasteiger partial charge on any atom is 0.251 e. The highest BCUT2D eigenvalue weighted by Gasteiger charge is 2.46. The Morgan fingerprint density at radius 1 is 0.784 bits per heavy atom. The van der Waals surface area contributed by atoms with Crippen molar-refractivity contribution < 1.29 is 9.59 Å². The highest BCUT2D eigenvalue weighted by molar-refractivity contribution is 5.94. The van der Waals surface area contributed by atoms with E-state index in [-0.39, 0.29) is 35.9 Å². The van der Waals surface area contributed by atoms with Gasteiger partial charge in [-0.2, -0.15) is 0 Å². The van der Waals surface area contributed by atoms with Crippen LogP contribution in [0.3, 0.4) is 0 Å². The molecule has 37 heavy (non-hydrogen) atoms. The number of hydrogen-bond donors (Lipinski definition) is 2. The van der Waals surface area contributed by atoms with Gasteiger partial charge in [-0.05, 0) is 55.0 Å². The number of nitrogens with zero attached hydrogens (tertiary/aromatic N) is 1. The van der Waals surface area contributed by atoms with Gasteiger partial charge in [-0.1, -0.05) is 79.6 Å². The second kappa shape index (κ2) is 10.4. The molecule has 5 atom stereocenters. The lowest BCUT2D eigenvalue weighted by Gasteiger charge is -2.50. The zero-order chi connectivity index (χ0) is 25.2. The van der Waals surface area contributed by atoms with Gasteiger partial charge in [-0.25, -0.2) is 0 Å². The van der Waals surface area contributed by atoms with E-state index >= 15 is 0 Å². The van der Waals surface area contributed by atoms with Crippen LogP contribution in [-0.2, 0) is 4.79 Å². The number of rotatable bonds is 4. The average Bonchev–Trinajstić information content (AvgIpc) is 2.97. The molecule has 3 aliphatic rings. The number of hydrogen-bond acceptors (Lipinski definition) is 3. The van der Waals surface area contributed by atoms with Crippen LogP contribution in [0.2, 0.25) is 0 Å². The van der Waals surface area contributed by atoms with Gasteiger partial charge in [0, 0.05) is 29.8 Å². The Hall–Kier alpha value is -3.60. The van der Waals surface area contributed by atoms with Crippen molar-refractivity contribution in [2.24, 2.45) is 11.8 Å². The molecule has 2 amide bonds. The molecular formula is C32H35N3O2. The predicted molar refractivity (Wildman–Crippen MR) is 146 cm³/mol. The van der Waals surface area contributed by atoms with Crippen LogP contribution >= 0.6 is 0 Å². The molecule has 5 heteroatoms. The summed E-state index contributed by atoms with van der Waals surface area (Å²) in [5.41, 5.74) is 4.26. The topological polar surface area (TPSA) is 61.4 Å². The number of amides is 2. The van der Waals surface area contributed by atoms with Crippen molar-refractivity contribution in [1.29, 1.82) is 0 Å². The molecule has 2 N–H and O–H groups in total. The monoisotopic (exact) mass is 493 g/mol. The maximum absolute atomic E-state index is 14.3. The van der Waals surface area contributed by atoms with Gasteiger partial charge in [0.05, 0.1) is 18.0 Å². The van der Waals surface area contributed by atoms with Crippen molar-refractivity contribution in [2.45, 2.75) is 56.7 Å². The van der Waals surface area contributed by atoms with E-state index in [4.69, 9.17) is 0 Å². The zero-order valence-corrected chi connectivity index (χ0v) is 21.2. The number of anilines is 1. The Morgan fingerprint density at radius 2 is 1.49 bits per heavy atom. The van der Waals surface area contributed by atoms with E-state index in [1.54, 1.807) is 0 Å². The zero-order valence-electron chi connectivity index (χ0n) is 21.2. The first-order valence-corrected chi connectivity index (χ1v) is 13.8. The summed E-state index contributed by atoms with van der Waals surface area (Å²) in [7, 11) is 0. The minimum Gasteiger partial charge on any atom is -0.378 e. The SMILES string of the molecule is O=C(N[C@@H]1CCCC[C@@H]1C(=O)N1CCCC2C(c3ccccc3)Nc3ccccc3C21)c1ccccc1. The Balaban J connectivity index is 1.30. The van der Waals surface area contributed by atoms with Gasteiger partial charge in [0.1, 0.15) is 0 Å². The van der Waals surface area contributed by atoms with Crippen LogP contribution in [0.1, 0.15) is 72.1 Å². The Bertz CT molecular complexity index is 1250. The number of carbonyl (C=O) groups is 2. The summed E-state index contributed by atoms with van der Waals surface area (Å²) in [5, 5.41) is 7.04. The van der Waals surface area contributed by atoms with Gasteiger partial charge in [0.2, 0.25) is 5.91 Å². The highest BCUT2D eigenvalue weighted by atomic mass is 16.2. The normalized spacial score (nSPS) is 26.8. The molecule has 1 saturated carbocycles. The molecule has 1 saturated heterocycles. The fraction of sp³-hybridized carbons (Fsp3) is 0.375. The molecule has 6 rings (SSSR count). The lowest BCUT2D eigenvalue weighted by atomic mass is 9.73. The molecule has 0 radical (unpaired) electrons. The molecule has 3 aromatic rings. The van der Waals surface area contributed by atoms with Crippen molar-refractivity contribution in [1.82, 2.24) is 10.2 Å². The van der Waals surface area contributed by atoms with E-state index < -0.39 is 0 Å². The molecule has 5 nitrogen and oxygen atoms in total. The van der Waals surface area contributed by atoms with Crippen LogP contribution in [-0.4, -0.2) is 29.3 Å². The first kappa shape index (κ1) is 23.8. The van der Waals surface area contributed by atoms with Crippen molar-refractivity contribution in [3.8, 4) is 0 Å². The summed E-state index contributed by atoms with van der Waals surface area (Å²) in [6, 6.07) is 28.5. The van der Waals surface area contributed by atoms with Crippen LogP contribution in [0.5, 0.6) is 0 Å². The van der Waals surface area contributed by atoms with E-state index in [1.165, 1.54) is 11.1 Å². The molecule has 0 spiro atoms. The Kier molecular flexibility index (Phi) is 6.69.